The fourth-order valence-corrected chi connectivity index (χ4v) is 6.30. The van der Waals surface area contributed by atoms with Crippen molar-refractivity contribution in [1.29, 1.82) is 0 Å². The third kappa shape index (κ3) is 11.5. The van der Waals surface area contributed by atoms with Crippen molar-refractivity contribution in [2.45, 2.75) is 57.1 Å². The molecular weight excluding hydrogens is 720 g/mol. The SMILES string of the molecule is COc1cc(C=CC(=O)Cl)cc(OC)c1O[C@@H]1O[C@H](COCc2ccccc2)[C@@H](OCc2ccccc2)[C@H](OCc2ccccc2)[C@H]1OCc1ccccc1. The molecule has 55 heavy (non-hydrogen) atoms. The van der Waals surface area contributed by atoms with Crippen LogP contribution < -0.4 is 14.2 Å². The Morgan fingerprint density at radius 2 is 1.05 bits per heavy atom. The number of halogens is 1. The summed E-state index contributed by atoms with van der Waals surface area (Å²) in [6, 6.07) is 43.1. The molecule has 1 aliphatic rings. The normalized spacial score (nSPS) is 19.6. The fraction of sp³-hybridized carbons (Fsp3) is 0.267. The van der Waals surface area contributed by atoms with Crippen LogP contribution in [0.25, 0.3) is 6.08 Å². The molecule has 286 valence electrons. The van der Waals surface area contributed by atoms with Crippen molar-refractivity contribution in [3.05, 3.63) is 167 Å². The van der Waals surface area contributed by atoms with Gasteiger partial charge in [-0.1, -0.05) is 121 Å². The Labute approximate surface area is 327 Å². The third-order valence-electron chi connectivity index (χ3n) is 8.96. The van der Waals surface area contributed by atoms with Crippen LogP contribution in [-0.4, -0.2) is 56.8 Å². The van der Waals surface area contributed by atoms with Crippen molar-refractivity contribution in [2.24, 2.45) is 0 Å². The van der Waals surface area contributed by atoms with Gasteiger partial charge in [0.15, 0.2) is 11.5 Å². The van der Waals surface area contributed by atoms with E-state index in [-0.39, 0.29) is 25.6 Å². The standard InChI is InChI=1S/C45H45ClO9/c1-48-37-25-36(23-24-40(46)47)26-38(49-2)41(37)55-45-44(53-30-35-21-13-6-14-22-35)43(52-29-34-19-11-5-12-20-34)42(51-28-33-17-9-4-10-18-33)39(54-45)31-50-27-32-15-7-3-8-16-32/h3-26,39,42-45H,27-31H2,1-2H3/t39-,42-,43+,44-,45+/m1/s1. The smallest absolute Gasteiger partial charge is 0.245 e. The number of methoxy groups -OCH3 is 2. The summed E-state index contributed by atoms with van der Waals surface area (Å²) >= 11 is 5.58. The maximum atomic E-state index is 11.5. The molecule has 0 saturated carbocycles. The molecule has 0 amide bonds. The van der Waals surface area contributed by atoms with Crippen molar-refractivity contribution in [3.63, 3.8) is 0 Å². The lowest BCUT2D eigenvalue weighted by Gasteiger charge is -2.45. The zero-order valence-corrected chi connectivity index (χ0v) is 31.6. The molecule has 0 unspecified atom stereocenters. The van der Waals surface area contributed by atoms with Crippen LogP contribution in [0.2, 0.25) is 0 Å². The predicted octanol–water partition coefficient (Wildman–Crippen LogP) is 8.56. The van der Waals surface area contributed by atoms with Gasteiger partial charge in [0.2, 0.25) is 17.3 Å². The number of allylic oxidation sites excluding steroid dienone is 1. The molecule has 1 heterocycles. The van der Waals surface area contributed by atoms with E-state index in [0.717, 1.165) is 22.3 Å². The first-order valence-electron chi connectivity index (χ1n) is 18.0. The maximum absolute atomic E-state index is 11.5. The molecule has 0 bridgehead atoms. The number of ether oxygens (including phenoxy) is 8. The van der Waals surface area contributed by atoms with Crippen molar-refractivity contribution < 1.29 is 42.7 Å². The molecule has 1 aliphatic heterocycles. The van der Waals surface area contributed by atoms with Gasteiger partial charge in [0.25, 0.3) is 0 Å². The zero-order chi connectivity index (χ0) is 38.2. The Balaban J connectivity index is 1.39. The van der Waals surface area contributed by atoms with Crippen molar-refractivity contribution in [3.8, 4) is 17.2 Å². The van der Waals surface area contributed by atoms with Crippen LogP contribution in [0, 0.1) is 0 Å². The average molecular weight is 765 g/mol. The van der Waals surface area contributed by atoms with Crippen LogP contribution in [0.15, 0.2) is 140 Å². The summed E-state index contributed by atoms with van der Waals surface area (Å²) in [5.41, 5.74) is 4.57. The Kier molecular flexibility index (Phi) is 14.9. The van der Waals surface area contributed by atoms with Gasteiger partial charge < -0.3 is 37.9 Å². The van der Waals surface area contributed by atoms with Gasteiger partial charge >= 0.3 is 0 Å². The summed E-state index contributed by atoms with van der Waals surface area (Å²) in [7, 11) is 3.04. The fourth-order valence-electron chi connectivity index (χ4n) is 6.23. The molecule has 9 nitrogen and oxygen atoms in total. The van der Waals surface area contributed by atoms with Crippen LogP contribution in [0.5, 0.6) is 17.2 Å². The highest BCUT2D eigenvalue weighted by Gasteiger charge is 2.50. The van der Waals surface area contributed by atoms with E-state index in [0.29, 0.717) is 30.3 Å². The monoisotopic (exact) mass is 764 g/mol. The van der Waals surface area contributed by atoms with Crippen LogP contribution in [0.3, 0.4) is 0 Å². The predicted molar refractivity (Wildman–Crippen MR) is 210 cm³/mol. The molecule has 0 aliphatic carbocycles. The first kappa shape index (κ1) is 39.7. The molecule has 6 rings (SSSR count). The lowest BCUT2D eigenvalue weighted by molar-refractivity contribution is -0.310. The number of carbonyl (C=O) groups is 1. The summed E-state index contributed by atoms with van der Waals surface area (Å²) in [6.45, 7) is 1.34. The minimum Gasteiger partial charge on any atom is -0.493 e. The highest BCUT2D eigenvalue weighted by Crippen LogP contribution is 2.42. The molecule has 5 aromatic carbocycles. The molecule has 5 aromatic rings. The molecule has 10 heteroatoms. The van der Waals surface area contributed by atoms with Crippen LogP contribution in [0.1, 0.15) is 27.8 Å². The van der Waals surface area contributed by atoms with Crippen molar-refractivity contribution in [2.75, 3.05) is 20.8 Å². The minimum absolute atomic E-state index is 0.162. The summed E-state index contributed by atoms with van der Waals surface area (Å²) in [5, 5.41) is -0.613. The molecule has 0 aromatic heterocycles. The summed E-state index contributed by atoms with van der Waals surface area (Å²) in [4.78, 5) is 11.5. The second-order valence-electron chi connectivity index (χ2n) is 12.8. The van der Waals surface area contributed by atoms with E-state index in [4.69, 9.17) is 49.5 Å². The van der Waals surface area contributed by atoms with Gasteiger partial charge in [0.05, 0.1) is 47.3 Å². The van der Waals surface area contributed by atoms with Crippen molar-refractivity contribution >= 4 is 22.9 Å². The molecular formula is C45H45ClO9. The minimum atomic E-state index is -1.06. The number of benzene rings is 5. The second kappa shape index (κ2) is 20.6. The second-order valence-corrected chi connectivity index (χ2v) is 13.2. The maximum Gasteiger partial charge on any atom is 0.245 e. The summed E-state index contributed by atoms with van der Waals surface area (Å²) in [5.74, 6) is 0.951. The zero-order valence-electron chi connectivity index (χ0n) is 30.8. The van der Waals surface area contributed by atoms with Gasteiger partial charge in [-0.2, -0.15) is 0 Å². The summed E-state index contributed by atoms with van der Waals surface area (Å²) in [6.07, 6.45) is -1.08. The average Bonchev–Trinajstić information content (AvgIpc) is 3.23. The molecule has 1 saturated heterocycles. The Morgan fingerprint density at radius 3 is 1.51 bits per heavy atom. The number of carbonyl (C=O) groups excluding carboxylic acids is 1. The molecule has 5 atom stereocenters. The van der Waals surface area contributed by atoms with Crippen LogP contribution >= 0.6 is 11.6 Å². The molecule has 1 fully saturated rings. The number of hydrogen-bond donors (Lipinski definition) is 0. The van der Waals surface area contributed by atoms with Gasteiger partial charge in [-0.25, -0.2) is 0 Å². The van der Waals surface area contributed by atoms with E-state index in [2.05, 4.69) is 0 Å². The van der Waals surface area contributed by atoms with Crippen LogP contribution in [-0.2, 0) is 54.9 Å². The molecule has 0 spiro atoms. The van der Waals surface area contributed by atoms with E-state index in [9.17, 15) is 4.79 Å². The van der Waals surface area contributed by atoms with Gasteiger partial charge in [-0.3, -0.25) is 4.79 Å². The Morgan fingerprint density at radius 1 is 0.618 bits per heavy atom. The van der Waals surface area contributed by atoms with Crippen LogP contribution in [0.4, 0.5) is 0 Å². The van der Waals surface area contributed by atoms with E-state index in [1.54, 1.807) is 18.2 Å². The Hall–Kier alpha value is -5.00. The topological polar surface area (TPSA) is 90.9 Å². The number of hydrogen-bond acceptors (Lipinski definition) is 9. The summed E-state index contributed by atoms with van der Waals surface area (Å²) < 4.78 is 51.9. The first-order valence-corrected chi connectivity index (χ1v) is 18.4. The van der Waals surface area contributed by atoms with Gasteiger partial charge in [0, 0.05) is 0 Å². The highest BCUT2D eigenvalue weighted by atomic mass is 35.5. The highest BCUT2D eigenvalue weighted by molar-refractivity contribution is 6.66. The van der Waals surface area contributed by atoms with Crippen molar-refractivity contribution in [1.82, 2.24) is 0 Å². The van der Waals surface area contributed by atoms with E-state index < -0.39 is 35.9 Å². The van der Waals surface area contributed by atoms with Gasteiger partial charge in [0.1, 0.15) is 24.4 Å². The quantitative estimate of drug-likeness (QED) is 0.0606. The van der Waals surface area contributed by atoms with E-state index in [1.165, 1.54) is 20.3 Å². The van der Waals surface area contributed by atoms with Gasteiger partial charge in [-0.05, 0) is 63.7 Å². The lowest BCUT2D eigenvalue weighted by Crippen LogP contribution is -2.62. The van der Waals surface area contributed by atoms with E-state index in [1.807, 2.05) is 121 Å². The lowest BCUT2D eigenvalue weighted by atomic mass is 9.97. The third-order valence-corrected chi connectivity index (χ3v) is 9.09. The number of rotatable bonds is 19. The first-order chi connectivity index (χ1) is 27.0. The molecule has 0 radical (unpaired) electrons. The largest absolute Gasteiger partial charge is 0.493 e. The Bertz CT molecular complexity index is 1900. The van der Waals surface area contributed by atoms with E-state index >= 15 is 0 Å². The van der Waals surface area contributed by atoms with Gasteiger partial charge in [-0.15, -0.1) is 0 Å². The molecule has 0 N–H and O–H groups in total.